The van der Waals surface area contributed by atoms with Crippen LogP contribution in [0.4, 0.5) is 0 Å². The van der Waals surface area contributed by atoms with Gasteiger partial charge in [0.15, 0.2) is 5.96 Å². The van der Waals surface area contributed by atoms with Crippen LogP contribution in [-0.2, 0) is 5.41 Å². The van der Waals surface area contributed by atoms with Crippen LogP contribution < -0.4 is 15.4 Å². The lowest BCUT2D eigenvalue weighted by Crippen LogP contribution is -2.41. The summed E-state index contributed by atoms with van der Waals surface area (Å²) in [6.45, 7) is 5.27. The van der Waals surface area contributed by atoms with E-state index in [4.69, 9.17) is 4.74 Å². The van der Waals surface area contributed by atoms with E-state index < -0.39 is 0 Å². The smallest absolute Gasteiger partial charge is 0.191 e. The Morgan fingerprint density at radius 3 is 2.75 bits per heavy atom. The summed E-state index contributed by atoms with van der Waals surface area (Å²) in [5, 5.41) is 6.58. The van der Waals surface area contributed by atoms with Crippen LogP contribution >= 0.6 is 0 Å². The molecule has 0 aliphatic heterocycles. The van der Waals surface area contributed by atoms with Crippen molar-refractivity contribution in [2.45, 2.75) is 18.3 Å². The summed E-state index contributed by atoms with van der Waals surface area (Å²) >= 11 is 0. The molecular formula is C16H23N3O. The number of para-hydroxylation sites is 1. The van der Waals surface area contributed by atoms with Gasteiger partial charge >= 0.3 is 0 Å². The summed E-state index contributed by atoms with van der Waals surface area (Å²) in [4.78, 5) is 4.21. The number of nitrogens with zero attached hydrogens (tertiary/aromatic N) is 1. The van der Waals surface area contributed by atoms with E-state index in [9.17, 15) is 0 Å². The third-order valence-corrected chi connectivity index (χ3v) is 3.76. The maximum Gasteiger partial charge on any atom is 0.191 e. The average molecular weight is 273 g/mol. The summed E-state index contributed by atoms with van der Waals surface area (Å²) in [6, 6.07) is 8.27. The molecule has 4 nitrogen and oxygen atoms in total. The van der Waals surface area contributed by atoms with Gasteiger partial charge in [0.25, 0.3) is 0 Å². The molecule has 1 aliphatic rings. The first-order chi connectivity index (χ1) is 9.75. The molecule has 0 bridgehead atoms. The fourth-order valence-corrected chi connectivity index (χ4v) is 2.42. The van der Waals surface area contributed by atoms with Crippen molar-refractivity contribution in [1.82, 2.24) is 10.6 Å². The highest BCUT2D eigenvalue weighted by molar-refractivity contribution is 5.80. The third kappa shape index (κ3) is 3.13. The van der Waals surface area contributed by atoms with Gasteiger partial charge in [-0.3, -0.25) is 4.99 Å². The Morgan fingerprint density at radius 1 is 1.40 bits per heavy atom. The molecule has 4 heteroatoms. The Bertz CT molecular complexity index is 492. The van der Waals surface area contributed by atoms with Crippen LogP contribution in [0.1, 0.15) is 18.4 Å². The van der Waals surface area contributed by atoms with Gasteiger partial charge in [0.2, 0.25) is 0 Å². The van der Waals surface area contributed by atoms with Crippen LogP contribution in [0.3, 0.4) is 0 Å². The number of rotatable bonds is 6. The van der Waals surface area contributed by atoms with Gasteiger partial charge < -0.3 is 15.4 Å². The molecule has 0 spiro atoms. The highest BCUT2D eigenvalue weighted by atomic mass is 16.5. The van der Waals surface area contributed by atoms with Gasteiger partial charge in [-0.05, 0) is 18.9 Å². The maximum absolute atomic E-state index is 5.48. The zero-order valence-corrected chi connectivity index (χ0v) is 12.3. The monoisotopic (exact) mass is 273 g/mol. The van der Waals surface area contributed by atoms with Crippen molar-refractivity contribution >= 4 is 5.96 Å². The molecule has 0 unspecified atom stereocenters. The SMILES string of the molecule is C=CCNC(=NC)NCC1(c2ccccc2OC)CC1. The van der Waals surface area contributed by atoms with Crippen LogP contribution in [0.15, 0.2) is 41.9 Å². The molecular weight excluding hydrogens is 250 g/mol. The number of nitrogens with one attached hydrogen (secondary N) is 2. The molecule has 0 aromatic heterocycles. The van der Waals surface area contributed by atoms with Gasteiger partial charge in [-0.1, -0.05) is 24.3 Å². The summed E-state index contributed by atoms with van der Waals surface area (Å²) in [6.07, 6.45) is 4.18. The second-order valence-electron chi connectivity index (χ2n) is 5.08. The Morgan fingerprint density at radius 2 is 2.15 bits per heavy atom. The molecule has 20 heavy (non-hydrogen) atoms. The number of benzene rings is 1. The molecule has 0 amide bonds. The predicted octanol–water partition coefficient (Wildman–Crippen LogP) is 2.08. The second kappa shape index (κ2) is 6.46. The van der Waals surface area contributed by atoms with Crippen LogP contribution in [0.5, 0.6) is 5.75 Å². The fraction of sp³-hybridized carbons (Fsp3) is 0.438. The summed E-state index contributed by atoms with van der Waals surface area (Å²) < 4.78 is 5.48. The van der Waals surface area contributed by atoms with Gasteiger partial charge in [-0.25, -0.2) is 0 Å². The van der Waals surface area contributed by atoms with E-state index in [1.807, 2.05) is 18.2 Å². The van der Waals surface area contributed by atoms with E-state index in [0.29, 0.717) is 6.54 Å². The lowest BCUT2D eigenvalue weighted by atomic mass is 9.95. The Balaban J connectivity index is 2.03. The predicted molar refractivity (Wildman–Crippen MR) is 83.5 cm³/mol. The molecule has 1 aliphatic carbocycles. The molecule has 0 atom stereocenters. The molecule has 1 saturated carbocycles. The second-order valence-corrected chi connectivity index (χ2v) is 5.08. The first-order valence-electron chi connectivity index (χ1n) is 6.94. The standard InChI is InChI=1S/C16H23N3O/c1-4-11-18-15(17-2)19-12-16(9-10-16)13-7-5-6-8-14(13)20-3/h4-8H,1,9-12H2,2-3H3,(H2,17,18,19). The maximum atomic E-state index is 5.48. The summed E-state index contributed by atoms with van der Waals surface area (Å²) in [5.74, 6) is 1.78. The van der Waals surface area contributed by atoms with Crippen molar-refractivity contribution < 1.29 is 4.74 Å². The zero-order chi connectivity index (χ0) is 14.4. The molecule has 1 fully saturated rings. The zero-order valence-electron chi connectivity index (χ0n) is 12.3. The topological polar surface area (TPSA) is 45.7 Å². The van der Waals surface area contributed by atoms with Crippen molar-refractivity contribution in [3.05, 3.63) is 42.5 Å². The minimum Gasteiger partial charge on any atom is -0.496 e. The normalized spacial score (nSPS) is 16.4. The van der Waals surface area contributed by atoms with Crippen LogP contribution in [0, 0.1) is 0 Å². The quantitative estimate of drug-likeness (QED) is 0.474. The summed E-state index contributed by atoms with van der Waals surface area (Å²) in [7, 11) is 3.51. The Hall–Kier alpha value is -1.97. The Kier molecular flexibility index (Phi) is 4.66. The third-order valence-electron chi connectivity index (χ3n) is 3.76. The minimum atomic E-state index is 0.179. The van der Waals surface area contributed by atoms with E-state index in [1.165, 1.54) is 18.4 Å². The molecule has 1 aromatic carbocycles. The average Bonchev–Trinajstić information content (AvgIpc) is 3.28. The number of methoxy groups -OCH3 is 1. The van der Waals surface area contributed by atoms with Crippen molar-refractivity contribution in [2.24, 2.45) is 4.99 Å². The lowest BCUT2D eigenvalue weighted by Gasteiger charge is -2.20. The highest BCUT2D eigenvalue weighted by Crippen LogP contribution is 2.50. The van der Waals surface area contributed by atoms with Crippen LogP contribution in [0.25, 0.3) is 0 Å². The number of aliphatic imine (C=N–C) groups is 1. The van der Waals surface area contributed by atoms with Gasteiger partial charge in [0.05, 0.1) is 7.11 Å². The molecule has 0 radical (unpaired) electrons. The minimum absolute atomic E-state index is 0.179. The highest BCUT2D eigenvalue weighted by Gasteiger charge is 2.45. The molecule has 2 rings (SSSR count). The van der Waals surface area contributed by atoms with Gasteiger partial charge in [-0.2, -0.15) is 0 Å². The molecule has 1 aromatic rings. The molecule has 2 N–H and O–H groups in total. The number of hydrogen-bond acceptors (Lipinski definition) is 2. The number of hydrogen-bond donors (Lipinski definition) is 2. The van der Waals surface area contributed by atoms with Crippen LogP contribution in [-0.4, -0.2) is 33.2 Å². The first-order valence-corrected chi connectivity index (χ1v) is 6.94. The van der Waals surface area contributed by atoms with Crippen molar-refractivity contribution in [3.63, 3.8) is 0 Å². The number of ether oxygens (including phenoxy) is 1. The largest absolute Gasteiger partial charge is 0.496 e. The van der Waals surface area contributed by atoms with Crippen molar-refractivity contribution in [3.8, 4) is 5.75 Å². The van der Waals surface area contributed by atoms with Gasteiger partial charge in [0.1, 0.15) is 5.75 Å². The first kappa shape index (κ1) is 14.4. The molecule has 0 heterocycles. The van der Waals surface area contributed by atoms with Crippen molar-refractivity contribution in [1.29, 1.82) is 0 Å². The van der Waals surface area contributed by atoms with E-state index in [0.717, 1.165) is 18.3 Å². The lowest BCUT2D eigenvalue weighted by molar-refractivity contribution is 0.403. The van der Waals surface area contributed by atoms with E-state index in [-0.39, 0.29) is 5.41 Å². The van der Waals surface area contributed by atoms with Gasteiger partial charge in [0, 0.05) is 31.1 Å². The summed E-state index contributed by atoms with van der Waals surface area (Å²) in [5.41, 5.74) is 1.47. The molecule has 108 valence electrons. The van der Waals surface area contributed by atoms with E-state index in [2.05, 4.69) is 34.3 Å². The van der Waals surface area contributed by atoms with Crippen molar-refractivity contribution in [2.75, 3.05) is 27.2 Å². The van der Waals surface area contributed by atoms with E-state index in [1.54, 1.807) is 14.2 Å². The fourth-order valence-electron chi connectivity index (χ4n) is 2.42. The molecule has 0 saturated heterocycles. The number of guanidine groups is 1. The Labute approximate surface area is 120 Å². The van der Waals surface area contributed by atoms with E-state index >= 15 is 0 Å². The van der Waals surface area contributed by atoms with Gasteiger partial charge in [-0.15, -0.1) is 6.58 Å². The van der Waals surface area contributed by atoms with Crippen LogP contribution in [0.2, 0.25) is 0 Å².